The number of H-pyrrole nitrogens is 1. The SMILES string of the molecule is CCCCN(Cc1ccc(-c2ccccc2-c2nnn[nH]2)nc1)C(=O)N[C@H](C(=O)O)C(C)CC. The molecule has 0 radical (unpaired) electrons. The lowest BCUT2D eigenvalue weighted by molar-refractivity contribution is -0.140. The molecule has 0 bridgehead atoms. The predicted molar refractivity (Wildman–Crippen MR) is 128 cm³/mol. The summed E-state index contributed by atoms with van der Waals surface area (Å²) in [5, 5.41) is 26.3. The number of aliphatic carboxylic acids is 1. The second kappa shape index (κ2) is 11.9. The molecule has 0 saturated heterocycles. The van der Waals surface area contributed by atoms with Crippen molar-refractivity contribution in [2.75, 3.05) is 6.54 Å². The van der Waals surface area contributed by atoms with Crippen molar-refractivity contribution >= 4 is 12.0 Å². The summed E-state index contributed by atoms with van der Waals surface area (Å²) in [5.41, 5.74) is 3.32. The molecule has 0 aliphatic heterocycles. The molecule has 0 aliphatic rings. The van der Waals surface area contributed by atoms with Crippen molar-refractivity contribution in [3.05, 3.63) is 48.2 Å². The molecule has 34 heavy (non-hydrogen) atoms. The molecule has 1 aromatic carbocycles. The quantitative estimate of drug-likeness (QED) is 0.392. The van der Waals surface area contributed by atoms with Crippen molar-refractivity contribution in [3.8, 4) is 22.6 Å². The van der Waals surface area contributed by atoms with Gasteiger partial charge in [-0.1, -0.05) is 63.9 Å². The third-order valence-electron chi connectivity index (χ3n) is 5.83. The van der Waals surface area contributed by atoms with Gasteiger partial charge in [0.15, 0.2) is 5.82 Å². The van der Waals surface area contributed by atoms with Crippen molar-refractivity contribution in [3.63, 3.8) is 0 Å². The Morgan fingerprint density at radius 1 is 1.15 bits per heavy atom. The molecular weight excluding hydrogens is 434 g/mol. The van der Waals surface area contributed by atoms with Crippen LogP contribution in [0.1, 0.15) is 45.6 Å². The highest BCUT2D eigenvalue weighted by molar-refractivity contribution is 5.83. The fourth-order valence-corrected chi connectivity index (χ4v) is 3.59. The van der Waals surface area contributed by atoms with Gasteiger partial charge in [0.25, 0.3) is 0 Å². The van der Waals surface area contributed by atoms with E-state index in [0.29, 0.717) is 25.3 Å². The van der Waals surface area contributed by atoms with Crippen LogP contribution in [0.5, 0.6) is 0 Å². The Morgan fingerprint density at radius 2 is 1.91 bits per heavy atom. The van der Waals surface area contributed by atoms with Crippen LogP contribution < -0.4 is 5.32 Å². The van der Waals surface area contributed by atoms with Crippen LogP contribution in [-0.2, 0) is 11.3 Å². The molecule has 0 aliphatic carbocycles. The summed E-state index contributed by atoms with van der Waals surface area (Å²) >= 11 is 0. The van der Waals surface area contributed by atoms with Crippen LogP contribution in [0.25, 0.3) is 22.6 Å². The number of nitrogens with one attached hydrogen (secondary N) is 2. The van der Waals surface area contributed by atoms with Gasteiger partial charge >= 0.3 is 12.0 Å². The normalized spacial score (nSPS) is 12.7. The number of benzene rings is 1. The summed E-state index contributed by atoms with van der Waals surface area (Å²) in [7, 11) is 0. The number of carboxylic acid groups (broad SMARTS) is 1. The highest BCUT2D eigenvalue weighted by Gasteiger charge is 2.27. The first-order valence-corrected chi connectivity index (χ1v) is 11.5. The van der Waals surface area contributed by atoms with Crippen LogP contribution in [0.15, 0.2) is 42.6 Å². The zero-order valence-corrected chi connectivity index (χ0v) is 19.7. The highest BCUT2D eigenvalue weighted by Crippen LogP contribution is 2.28. The summed E-state index contributed by atoms with van der Waals surface area (Å²) < 4.78 is 0. The number of carbonyl (C=O) groups is 2. The molecule has 0 fully saturated rings. The fraction of sp³-hybridized carbons (Fsp3) is 0.417. The Bertz CT molecular complexity index is 1070. The number of aromatic nitrogens is 5. The molecule has 2 aromatic heterocycles. The van der Waals surface area contributed by atoms with E-state index in [-0.39, 0.29) is 11.9 Å². The van der Waals surface area contributed by atoms with Gasteiger partial charge in [0.05, 0.1) is 5.69 Å². The lowest BCUT2D eigenvalue weighted by atomic mass is 9.99. The van der Waals surface area contributed by atoms with Crippen molar-refractivity contribution in [1.29, 1.82) is 0 Å². The molecule has 3 rings (SSSR count). The minimum atomic E-state index is -1.02. The Hall–Kier alpha value is -3.82. The smallest absolute Gasteiger partial charge is 0.326 e. The number of hydrogen-bond acceptors (Lipinski definition) is 6. The average Bonchev–Trinajstić information content (AvgIpc) is 3.39. The van der Waals surface area contributed by atoms with E-state index < -0.39 is 12.0 Å². The maximum absolute atomic E-state index is 13.0. The van der Waals surface area contributed by atoms with Crippen molar-refractivity contribution in [2.24, 2.45) is 5.92 Å². The van der Waals surface area contributed by atoms with Crippen molar-refractivity contribution < 1.29 is 14.7 Å². The standard InChI is InChI=1S/C24H31N7O3/c1-4-6-13-31(24(34)26-21(23(32)33)16(3)5-2)15-17-11-12-20(25-14-17)18-9-7-8-10-19(18)22-27-29-30-28-22/h7-12,14,16,21H,4-6,13,15H2,1-3H3,(H,26,34)(H,32,33)(H,27,28,29,30)/t16?,21-/m0/s1. The largest absolute Gasteiger partial charge is 0.480 e. The molecule has 10 nitrogen and oxygen atoms in total. The molecule has 3 N–H and O–H groups in total. The maximum Gasteiger partial charge on any atom is 0.326 e. The molecule has 3 aromatic rings. The first-order valence-electron chi connectivity index (χ1n) is 11.5. The monoisotopic (exact) mass is 465 g/mol. The Kier molecular flexibility index (Phi) is 8.66. The van der Waals surface area contributed by atoms with Gasteiger partial charge in [0, 0.05) is 30.4 Å². The van der Waals surface area contributed by atoms with E-state index in [0.717, 1.165) is 35.2 Å². The molecule has 0 saturated carbocycles. The first kappa shape index (κ1) is 24.8. The number of unbranched alkanes of at least 4 members (excludes halogenated alkanes) is 1. The number of nitrogens with zero attached hydrogens (tertiary/aromatic N) is 5. The third kappa shape index (κ3) is 6.15. The Labute approximate surface area is 198 Å². The minimum absolute atomic E-state index is 0.171. The van der Waals surface area contributed by atoms with Crippen LogP contribution in [0.2, 0.25) is 0 Å². The van der Waals surface area contributed by atoms with E-state index in [1.54, 1.807) is 11.1 Å². The van der Waals surface area contributed by atoms with Crippen molar-refractivity contribution in [1.82, 2.24) is 35.8 Å². The van der Waals surface area contributed by atoms with E-state index in [1.165, 1.54) is 0 Å². The molecule has 0 spiro atoms. The lowest BCUT2D eigenvalue weighted by Crippen LogP contribution is -2.50. The summed E-state index contributed by atoms with van der Waals surface area (Å²) in [6, 6.07) is 10.2. The van der Waals surface area contributed by atoms with Gasteiger partial charge < -0.3 is 15.3 Å². The van der Waals surface area contributed by atoms with Gasteiger partial charge in [-0.25, -0.2) is 14.7 Å². The van der Waals surface area contributed by atoms with Gasteiger partial charge in [0.1, 0.15) is 6.04 Å². The van der Waals surface area contributed by atoms with Crippen molar-refractivity contribution in [2.45, 2.75) is 52.6 Å². The third-order valence-corrected chi connectivity index (χ3v) is 5.83. The van der Waals surface area contributed by atoms with Gasteiger partial charge in [-0.15, -0.1) is 5.10 Å². The second-order valence-electron chi connectivity index (χ2n) is 8.27. The summed E-state index contributed by atoms with van der Waals surface area (Å²) in [4.78, 5) is 30.9. The number of aromatic amines is 1. The van der Waals surface area contributed by atoms with E-state index in [2.05, 4.69) is 30.9 Å². The zero-order valence-electron chi connectivity index (χ0n) is 19.7. The molecule has 2 heterocycles. The Balaban J connectivity index is 1.77. The van der Waals surface area contributed by atoms with Crippen LogP contribution in [-0.4, -0.2) is 60.2 Å². The van der Waals surface area contributed by atoms with E-state index >= 15 is 0 Å². The number of carbonyl (C=O) groups excluding carboxylic acids is 1. The first-order chi connectivity index (χ1) is 16.4. The summed E-state index contributed by atoms with van der Waals surface area (Å²) in [6.07, 6.45) is 4.13. The highest BCUT2D eigenvalue weighted by atomic mass is 16.4. The van der Waals surface area contributed by atoms with Gasteiger partial charge in [-0.3, -0.25) is 4.98 Å². The van der Waals surface area contributed by atoms with Crippen LogP contribution in [0.4, 0.5) is 4.79 Å². The molecule has 2 atom stereocenters. The van der Waals surface area contributed by atoms with E-state index in [9.17, 15) is 14.7 Å². The number of amides is 2. The molecule has 180 valence electrons. The molecular formula is C24H31N7O3. The molecule has 10 heteroatoms. The number of urea groups is 1. The molecule has 2 amide bonds. The average molecular weight is 466 g/mol. The number of tetrazole rings is 1. The van der Waals surface area contributed by atoms with Gasteiger partial charge in [-0.2, -0.15) is 0 Å². The number of rotatable bonds is 11. The lowest BCUT2D eigenvalue weighted by Gasteiger charge is -2.27. The topological polar surface area (TPSA) is 137 Å². The van der Waals surface area contributed by atoms with Crippen LogP contribution in [0, 0.1) is 5.92 Å². The summed E-state index contributed by atoms with van der Waals surface area (Å²) in [5.74, 6) is -0.641. The van der Waals surface area contributed by atoms with E-state index in [1.807, 2.05) is 57.2 Å². The second-order valence-corrected chi connectivity index (χ2v) is 8.27. The van der Waals surface area contributed by atoms with Gasteiger partial charge in [-0.05, 0) is 34.4 Å². The maximum atomic E-state index is 13.0. The fourth-order valence-electron chi connectivity index (χ4n) is 3.59. The zero-order chi connectivity index (χ0) is 24.5. The molecule has 1 unspecified atom stereocenters. The number of pyridine rings is 1. The van der Waals surface area contributed by atoms with E-state index in [4.69, 9.17) is 0 Å². The Morgan fingerprint density at radius 3 is 2.50 bits per heavy atom. The van der Waals surface area contributed by atoms with Crippen LogP contribution >= 0.6 is 0 Å². The predicted octanol–water partition coefficient (Wildman–Crippen LogP) is 3.74. The van der Waals surface area contributed by atoms with Crippen LogP contribution in [0.3, 0.4) is 0 Å². The van der Waals surface area contributed by atoms with Gasteiger partial charge in [0.2, 0.25) is 0 Å². The minimum Gasteiger partial charge on any atom is -0.480 e. The summed E-state index contributed by atoms with van der Waals surface area (Å²) in [6.45, 7) is 6.64. The number of hydrogen-bond donors (Lipinski definition) is 3. The number of carboxylic acids is 1.